The van der Waals surface area contributed by atoms with Gasteiger partial charge in [-0.1, -0.05) is 42.5 Å². The van der Waals surface area contributed by atoms with Gasteiger partial charge in [-0.25, -0.2) is 4.79 Å². The van der Waals surface area contributed by atoms with Crippen LogP contribution >= 0.6 is 0 Å². The van der Waals surface area contributed by atoms with Gasteiger partial charge in [-0.2, -0.15) is 0 Å². The van der Waals surface area contributed by atoms with Gasteiger partial charge < -0.3 is 29.4 Å². The number of urea groups is 1. The molecule has 180 valence electrons. The Bertz CT molecular complexity index is 1380. The molecule has 0 aliphatic carbocycles. The number of carbonyl (C=O) groups excluding carboxylic acids is 1. The first-order valence-corrected chi connectivity index (χ1v) is 11.0. The minimum atomic E-state index is -0.356. The number of aromatic nitrogens is 1. The van der Waals surface area contributed by atoms with Crippen molar-refractivity contribution in [1.82, 2.24) is 9.88 Å². The number of para-hydroxylation sites is 2. The molecule has 3 aromatic carbocycles. The number of hydrogen-bond donors (Lipinski definition) is 2. The van der Waals surface area contributed by atoms with Crippen LogP contribution in [0.5, 0.6) is 17.2 Å². The summed E-state index contributed by atoms with van der Waals surface area (Å²) in [6.45, 7) is 0.403. The molecule has 0 atom stereocenters. The number of anilines is 1. The molecule has 0 unspecified atom stereocenters. The van der Waals surface area contributed by atoms with Gasteiger partial charge in [0.1, 0.15) is 5.75 Å². The Hall–Kier alpha value is -4.46. The summed E-state index contributed by atoms with van der Waals surface area (Å²) in [5.41, 5.74) is 2.25. The van der Waals surface area contributed by atoms with Crippen LogP contribution < -0.4 is 25.1 Å². The molecule has 1 aromatic heterocycles. The van der Waals surface area contributed by atoms with Crippen LogP contribution in [0, 0.1) is 0 Å². The van der Waals surface area contributed by atoms with Gasteiger partial charge in [0.25, 0.3) is 5.56 Å². The molecule has 0 aliphatic heterocycles. The Balaban J connectivity index is 1.68. The molecule has 0 aliphatic rings. The zero-order valence-corrected chi connectivity index (χ0v) is 19.8. The Labute approximate surface area is 203 Å². The van der Waals surface area contributed by atoms with E-state index in [1.54, 1.807) is 49.5 Å². The lowest BCUT2D eigenvalue weighted by Crippen LogP contribution is -2.35. The number of pyridine rings is 1. The van der Waals surface area contributed by atoms with Crippen molar-refractivity contribution in [3.05, 3.63) is 94.3 Å². The Morgan fingerprint density at radius 3 is 2.20 bits per heavy atom. The number of benzene rings is 3. The molecule has 4 aromatic rings. The van der Waals surface area contributed by atoms with Crippen LogP contribution in [0.15, 0.2) is 77.6 Å². The summed E-state index contributed by atoms with van der Waals surface area (Å²) < 4.78 is 16.1. The van der Waals surface area contributed by atoms with E-state index in [0.717, 1.165) is 10.9 Å². The first-order chi connectivity index (χ1) is 17.0. The number of nitrogens with zero attached hydrogens (tertiary/aromatic N) is 1. The highest BCUT2D eigenvalue weighted by Crippen LogP contribution is 2.31. The Morgan fingerprint density at radius 2 is 1.49 bits per heavy atom. The van der Waals surface area contributed by atoms with Crippen molar-refractivity contribution >= 4 is 22.6 Å². The zero-order valence-electron chi connectivity index (χ0n) is 19.8. The number of carbonyl (C=O) groups is 1. The summed E-state index contributed by atoms with van der Waals surface area (Å²) in [6, 6.07) is 21.7. The minimum absolute atomic E-state index is 0.0928. The predicted octanol–water partition coefficient (Wildman–Crippen LogP) is 4.79. The molecule has 4 rings (SSSR count). The smallest absolute Gasteiger partial charge is 0.322 e. The normalized spacial score (nSPS) is 10.6. The number of H-pyrrole nitrogens is 1. The fourth-order valence-electron chi connectivity index (χ4n) is 3.85. The zero-order chi connectivity index (χ0) is 24.8. The third kappa shape index (κ3) is 5.38. The molecule has 8 heteroatoms. The van der Waals surface area contributed by atoms with Crippen LogP contribution in [0.1, 0.15) is 11.1 Å². The second-order valence-electron chi connectivity index (χ2n) is 7.89. The number of ether oxygens (including phenoxy) is 3. The summed E-state index contributed by atoms with van der Waals surface area (Å²) in [5.74, 6) is 1.61. The molecule has 0 radical (unpaired) electrons. The number of fused-ring (bicyclic) bond motifs is 1. The maximum absolute atomic E-state index is 13.4. The van der Waals surface area contributed by atoms with Gasteiger partial charge in [0, 0.05) is 23.6 Å². The quantitative estimate of drug-likeness (QED) is 0.384. The first-order valence-electron chi connectivity index (χ1n) is 11.0. The SMILES string of the molecule is COc1ccccc1NC(=O)N(Cc1ccccc1)Cc1cc2cc(OC)c(OC)cc2[nH]c1=O. The predicted molar refractivity (Wildman–Crippen MR) is 135 cm³/mol. The average Bonchev–Trinajstić information content (AvgIpc) is 2.88. The number of amides is 2. The van der Waals surface area contributed by atoms with E-state index in [1.165, 1.54) is 7.11 Å². The molecule has 0 spiro atoms. The number of nitrogens with one attached hydrogen (secondary N) is 2. The Morgan fingerprint density at radius 1 is 0.829 bits per heavy atom. The lowest BCUT2D eigenvalue weighted by molar-refractivity contribution is 0.206. The molecule has 35 heavy (non-hydrogen) atoms. The molecule has 2 amide bonds. The largest absolute Gasteiger partial charge is 0.495 e. The second-order valence-corrected chi connectivity index (χ2v) is 7.89. The summed E-state index contributed by atoms with van der Waals surface area (Å²) in [7, 11) is 4.64. The van der Waals surface area contributed by atoms with Gasteiger partial charge in [-0.15, -0.1) is 0 Å². The first kappa shape index (κ1) is 23.7. The molecule has 0 saturated heterocycles. The van der Waals surface area contributed by atoms with E-state index in [-0.39, 0.29) is 18.1 Å². The summed E-state index contributed by atoms with van der Waals surface area (Å²) in [5, 5.41) is 3.67. The topological polar surface area (TPSA) is 92.9 Å². The monoisotopic (exact) mass is 473 g/mol. The van der Waals surface area contributed by atoms with Gasteiger partial charge in [0.05, 0.1) is 39.1 Å². The van der Waals surface area contributed by atoms with Crippen molar-refractivity contribution in [2.45, 2.75) is 13.1 Å². The molecule has 8 nitrogen and oxygen atoms in total. The third-order valence-corrected chi connectivity index (χ3v) is 5.64. The van der Waals surface area contributed by atoms with Crippen LogP contribution in [0.25, 0.3) is 10.9 Å². The van der Waals surface area contributed by atoms with Gasteiger partial charge in [-0.3, -0.25) is 4.79 Å². The summed E-state index contributed by atoms with van der Waals surface area (Å²) >= 11 is 0. The summed E-state index contributed by atoms with van der Waals surface area (Å²) in [4.78, 5) is 30.8. The Kier molecular flexibility index (Phi) is 7.21. The molecular weight excluding hydrogens is 446 g/mol. The lowest BCUT2D eigenvalue weighted by Gasteiger charge is -2.24. The van der Waals surface area contributed by atoms with E-state index < -0.39 is 0 Å². The van der Waals surface area contributed by atoms with E-state index >= 15 is 0 Å². The maximum Gasteiger partial charge on any atom is 0.322 e. The highest BCUT2D eigenvalue weighted by Gasteiger charge is 2.19. The van der Waals surface area contributed by atoms with Gasteiger partial charge in [0.2, 0.25) is 0 Å². The molecule has 2 N–H and O–H groups in total. The van der Waals surface area contributed by atoms with Crippen molar-refractivity contribution in [1.29, 1.82) is 0 Å². The number of rotatable bonds is 8. The van der Waals surface area contributed by atoms with Crippen LogP contribution in [0.2, 0.25) is 0 Å². The summed E-state index contributed by atoms with van der Waals surface area (Å²) in [6.07, 6.45) is 0. The average molecular weight is 474 g/mol. The van der Waals surface area contributed by atoms with Crippen molar-refractivity contribution in [3.8, 4) is 17.2 Å². The minimum Gasteiger partial charge on any atom is -0.495 e. The molecule has 0 bridgehead atoms. The third-order valence-electron chi connectivity index (χ3n) is 5.64. The number of hydrogen-bond acceptors (Lipinski definition) is 5. The maximum atomic E-state index is 13.4. The van der Waals surface area contributed by atoms with Crippen LogP contribution in [0.3, 0.4) is 0 Å². The van der Waals surface area contributed by atoms with Crippen LogP contribution in [-0.2, 0) is 13.1 Å². The van der Waals surface area contributed by atoms with Gasteiger partial charge >= 0.3 is 6.03 Å². The van der Waals surface area contributed by atoms with Crippen molar-refractivity contribution in [2.75, 3.05) is 26.6 Å². The van der Waals surface area contributed by atoms with Crippen LogP contribution in [-0.4, -0.2) is 37.2 Å². The lowest BCUT2D eigenvalue weighted by atomic mass is 10.1. The molecule has 0 saturated carbocycles. The van der Waals surface area contributed by atoms with E-state index in [4.69, 9.17) is 14.2 Å². The highest BCUT2D eigenvalue weighted by atomic mass is 16.5. The van der Waals surface area contributed by atoms with E-state index in [2.05, 4.69) is 10.3 Å². The van der Waals surface area contributed by atoms with Crippen molar-refractivity contribution < 1.29 is 19.0 Å². The molecule has 1 heterocycles. The number of methoxy groups -OCH3 is 3. The van der Waals surface area contributed by atoms with Crippen molar-refractivity contribution in [3.63, 3.8) is 0 Å². The van der Waals surface area contributed by atoms with Gasteiger partial charge in [0.15, 0.2) is 11.5 Å². The fraction of sp³-hybridized carbons (Fsp3) is 0.185. The van der Waals surface area contributed by atoms with Crippen LogP contribution in [0.4, 0.5) is 10.5 Å². The standard InChI is InChI=1S/C27H27N3O5/c1-33-23-12-8-7-11-21(23)29-27(32)30(16-18-9-5-4-6-10-18)17-20-13-19-14-24(34-2)25(35-3)15-22(19)28-26(20)31/h4-15H,16-17H2,1-3H3,(H,28,31)(H,29,32). The molecule has 0 fully saturated rings. The van der Waals surface area contributed by atoms with E-state index in [1.807, 2.05) is 42.5 Å². The van der Waals surface area contributed by atoms with E-state index in [0.29, 0.717) is 40.6 Å². The second kappa shape index (κ2) is 10.6. The number of aromatic amines is 1. The van der Waals surface area contributed by atoms with Crippen molar-refractivity contribution in [2.24, 2.45) is 0 Å². The molecular formula is C27H27N3O5. The fourth-order valence-corrected chi connectivity index (χ4v) is 3.85. The highest BCUT2D eigenvalue weighted by molar-refractivity contribution is 5.91. The van der Waals surface area contributed by atoms with Gasteiger partial charge in [-0.05, 0) is 29.8 Å². The van der Waals surface area contributed by atoms with E-state index in [9.17, 15) is 9.59 Å².